The Hall–Kier alpha value is -1.45. The molecule has 1 amide bonds. The molecule has 2 unspecified atom stereocenters. The van der Waals surface area contributed by atoms with Crippen LogP contribution in [0.15, 0.2) is 53.1 Å². The van der Waals surface area contributed by atoms with Gasteiger partial charge in [0.25, 0.3) is 0 Å². The number of carbonyl (C=O) groups is 1. The fourth-order valence-electron chi connectivity index (χ4n) is 2.16. The van der Waals surface area contributed by atoms with Crippen molar-refractivity contribution in [2.24, 2.45) is 5.92 Å². The number of benzene rings is 1. The second kappa shape index (κ2) is 5.15. The van der Waals surface area contributed by atoms with E-state index in [1.165, 1.54) is 0 Å². The molecule has 1 fully saturated rings. The first-order valence-corrected chi connectivity index (χ1v) is 7.10. The summed E-state index contributed by atoms with van der Waals surface area (Å²) in [5, 5.41) is 2.95. The van der Waals surface area contributed by atoms with Gasteiger partial charge in [0.1, 0.15) is 16.1 Å². The van der Waals surface area contributed by atoms with Crippen molar-refractivity contribution in [2.75, 3.05) is 0 Å². The molecule has 1 N–H and O–H groups in total. The number of rotatable bonds is 4. The summed E-state index contributed by atoms with van der Waals surface area (Å²) in [5.41, 5.74) is 0.950. The topological polar surface area (TPSA) is 42.2 Å². The number of amides is 1. The number of hydrogen-bond acceptors (Lipinski definition) is 2. The molecule has 0 radical (unpaired) electrons. The van der Waals surface area contributed by atoms with Crippen LogP contribution in [0.1, 0.15) is 23.8 Å². The standard InChI is InChI=1S/C15H13Cl2NO2/c16-15(17)9-11(15)14(19)18-13(12-7-4-8-20-12)10-5-2-1-3-6-10/h1-8,11,13H,9H2,(H,18,19). The molecule has 1 aliphatic rings. The lowest BCUT2D eigenvalue weighted by Crippen LogP contribution is -2.31. The van der Waals surface area contributed by atoms with E-state index in [9.17, 15) is 4.79 Å². The summed E-state index contributed by atoms with van der Waals surface area (Å²) in [5.74, 6) is 0.173. The van der Waals surface area contributed by atoms with Crippen LogP contribution in [0.25, 0.3) is 0 Å². The summed E-state index contributed by atoms with van der Waals surface area (Å²) < 4.78 is 4.50. The van der Waals surface area contributed by atoms with Gasteiger partial charge in [0, 0.05) is 0 Å². The van der Waals surface area contributed by atoms with Crippen molar-refractivity contribution in [3.63, 3.8) is 0 Å². The van der Waals surface area contributed by atoms with E-state index in [-0.39, 0.29) is 17.9 Å². The molecule has 20 heavy (non-hydrogen) atoms. The summed E-state index contributed by atoms with van der Waals surface area (Å²) in [6.07, 6.45) is 2.07. The largest absolute Gasteiger partial charge is 0.467 e. The summed E-state index contributed by atoms with van der Waals surface area (Å²) in [7, 11) is 0. The Morgan fingerprint density at radius 1 is 1.25 bits per heavy atom. The lowest BCUT2D eigenvalue weighted by molar-refractivity contribution is -0.122. The highest BCUT2D eigenvalue weighted by atomic mass is 35.5. The van der Waals surface area contributed by atoms with Gasteiger partial charge in [0.2, 0.25) is 5.91 Å². The van der Waals surface area contributed by atoms with Crippen molar-refractivity contribution in [3.05, 3.63) is 60.1 Å². The highest BCUT2D eigenvalue weighted by Gasteiger charge is 2.56. The van der Waals surface area contributed by atoms with Gasteiger partial charge < -0.3 is 9.73 Å². The lowest BCUT2D eigenvalue weighted by Gasteiger charge is -2.17. The molecular formula is C15H13Cl2NO2. The summed E-state index contributed by atoms with van der Waals surface area (Å²) in [4.78, 5) is 12.2. The molecular weight excluding hydrogens is 297 g/mol. The fraction of sp³-hybridized carbons (Fsp3) is 0.267. The Morgan fingerprint density at radius 2 is 1.95 bits per heavy atom. The molecule has 0 spiro atoms. The van der Waals surface area contributed by atoms with E-state index in [0.717, 1.165) is 5.56 Å². The Morgan fingerprint density at radius 3 is 2.50 bits per heavy atom. The van der Waals surface area contributed by atoms with Gasteiger partial charge in [-0.2, -0.15) is 0 Å². The first-order valence-electron chi connectivity index (χ1n) is 6.34. The number of carbonyl (C=O) groups excluding carboxylic acids is 1. The SMILES string of the molecule is O=C(NC(c1ccccc1)c1ccco1)C1CC1(Cl)Cl. The molecule has 0 bridgehead atoms. The van der Waals surface area contributed by atoms with Crippen LogP contribution in [0.2, 0.25) is 0 Å². The molecule has 1 aromatic carbocycles. The molecule has 5 heteroatoms. The van der Waals surface area contributed by atoms with Crippen LogP contribution in [0, 0.1) is 5.92 Å². The maximum Gasteiger partial charge on any atom is 0.227 e. The van der Waals surface area contributed by atoms with Crippen molar-refractivity contribution in [2.45, 2.75) is 16.8 Å². The van der Waals surface area contributed by atoms with Crippen LogP contribution < -0.4 is 5.32 Å². The van der Waals surface area contributed by atoms with Gasteiger partial charge in [-0.25, -0.2) is 0 Å². The molecule has 1 saturated carbocycles. The van der Waals surface area contributed by atoms with Crippen LogP contribution in [-0.4, -0.2) is 10.2 Å². The molecule has 1 aliphatic carbocycles. The molecule has 104 valence electrons. The maximum atomic E-state index is 12.2. The second-order valence-electron chi connectivity index (χ2n) is 4.89. The predicted molar refractivity (Wildman–Crippen MR) is 77.7 cm³/mol. The third kappa shape index (κ3) is 2.69. The van der Waals surface area contributed by atoms with Crippen LogP contribution in [0.4, 0.5) is 0 Å². The van der Waals surface area contributed by atoms with E-state index in [4.69, 9.17) is 27.6 Å². The zero-order valence-electron chi connectivity index (χ0n) is 10.6. The highest BCUT2D eigenvalue weighted by molar-refractivity contribution is 6.52. The minimum absolute atomic E-state index is 0.153. The van der Waals surface area contributed by atoms with Gasteiger partial charge >= 0.3 is 0 Å². The zero-order chi connectivity index (χ0) is 14.2. The van der Waals surface area contributed by atoms with Crippen molar-refractivity contribution in [1.82, 2.24) is 5.32 Å². The van der Waals surface area contributed by atoms with Crippen molar-refractivity contribution >= 4 is 29.1 Å². The van der Waals surface area contributed by atoms with Crippen LogP contribution >= 0.6 is 23.2 Å². The van der Waals surface area contributed by atoms with Crippen LogP contribution in [0.5, 0.6) is 0 Å². The van der Waals surface area contributed by atoms with Crippen molar-refractivity contribution in [3.8, 4) is 0 Å². The van der Waals surface area contributed by atoms with Gasteiger partial charge in [-0.05, 0) is 24.1 Å². The molecule has 2 atom stereocenters. The fourth-order valence-corrected chi connectivity index (χ4v) is 2.67. The Labute approximate surface area is 126 Å². The van der Waals surface area contributed by atoms with Gasteiger partial charge in [-0.1, -0.05) is 30.3 Å². The highest BCUT2D eigenvalue weighted by Crippen LogP contribution is 2.53. The van der Waals surface area contributed by atoms with E-state index in [2.05, 4.69) is 5.32 Å². The van der Waals surface area contributed by atoms with Gasteiger partial charge in [-0.15, -0.1) is 23.2 Å². The quantitative estimate of drug-likeness (QED) is 0.875. The van der Waals surface area contributed by atoms with E-state index >= 15 is 0 Å². The Kier molecular flexibility index (Phi) is 3.48. The minimum atomic E-state index is -0.922. The maximum absolute atomic E-state index is 12.2. The molecule has 0 aliphatic heterocycles. The van der Waals surface area contributed by atoms with E-state index in [0.29, 0.717) is 12.2 Å². The lowest BCUT2D eigenvalue weighted by atomic mass is 10.0. The molecule has 1 heterocycles. The normalized spacial score (nSPS) is 21.2. The van der Waals surface area contributed by atoms with Gasteiger partial charge in [0.15, 0.2) is 0 Å². The molecule has 1 aromatic heterocycles. The van der Waals surface area contributed by atoms with Crippen molar-refractivity contribution < 1.29 is 9.21 Å². The van der Waals surface area contributed by atoms with Crippen LogP contribution in [-0.2, 0) is 4.79 Å². The van der Waals surface area contributed by atoms with E-state index in [1.807, 2.05) is 36.4 Å². The third-order valence-corrected chi connectivity index (χ3v) is 4.23. The predicted octanol–water partition coefficient (Wildman–Crippen LogP) is 3.68. The average molecular weight is 310 g/mol. The summed E-state index contributed by atoms with van der Waals surface area (Å²) in [6, 6.07) is 12.9. The number of nitrogens with one attached hydrogen (secondary N) is 1. The summed E-state index contributed by atoms with van der Waals surface area (Å²) >= 11 is 11.9. The number of furan rings is 1. The Bertz CT molecular complexity index is 596. The number of alkyl halides is 2. The first kappa shape index (κ1) is 13.5. The smallest absolute Gasteiger partial charge is 0.227 e. The molecule has 3 rings (SSSR count). The average Bonchev–Trinajstić information content (AvgIpc) is 2.87. The number of hydrogen-bond donors (Lipinski definition) is 1. The number of halogens is 2. The molecule has 3 nitrogen and oxygen atoms in total. The van der Waals surface area contributed by atoms with Crippen molar-refractivity contribution in [1.29, 1.82) is 0 Å². The van der Waals surface area contributed by atoms with E-state index in [1.54, 1.807) is 12.3 Å². The van der Waals surface area contributed by atoms with Gasteiger partial charge in [-0.3, -0.25) is 4.79 Å². The summed E-state index contributed by atoms with van der Waals surface area (Å²) in [6.45, 7) is 0. The van der Waals surface area contributed by atoms with Crippen LogP contribution in [0.3, 0.4) is 0 Å². The second-order valence-corrected chi connectivity index (χ2v) is 6.43. The monoisotopic (exact) mass is 309 g/mol. The molecule has 0 saturated heterocycles. The first-order chi connectivity index (χ1) is 9.58. The molecule has 2 aromatic rings. The van der Waals surface area contributed by atoms with E-state index < -0.39 is 4.33 Å². The zero-order valence-corrected chi connectivity index (χ0v) is 12.1. The third-order valence-electron chi connectivity index (χ3n) is 3.39. The van der Waals surface area contributed by atoms with Gasteiger partial charge in [0.05, 0.1) is 12.2 Å². The minimum Gasteiger partial charge on any atom is -0.467 e. The Balaban J connectivity index is 1.82.